The number of halogens is 1. The predicted molar refractivity (Wildman–Crippen MR) is 119 cm³/mol. The third-order valence-electron chi connectivity index (χ3n) is 3.61. The summed E-state index contributed by atoms with van der Waals surface area (Å²) < 4.78 is 0. The topological polar surface area (TPSA) is 56.7 Å². The predicted octanol–water partition coefficient (Wildman–Crippen LogP) is 4.11. The second kappa shape index (κ2) is 11.4. The standard InChI is InChI=1S/C19H27N3OS.HI/c1-4-20-19(21-11-10-16-6-5-7-17(23)13-16)22-14(2)12-18-9-8-15(3)24-18;/h5-9,13-14,23H,4,10-12H2,1-3H3,(H2,20,21,22);1H. The number of phenols is 1. The van der Waals surface area contributed by atoms with Gasteiger partial charge >= 0.3 is 0 Å². The van der Waals surface area contributed by atoms with Gasteiger partial charge in [0.25, 0.3) is 0 Å². The van der Waals surface area contributed by atoms with Crippen molar-refractivity contribution in [3.63, 3.8) is 0 Å². The van der Waals surface area contributed by atoms with Crippen molar-refractivity contribution in [3.8, 4) is 5.75 Å². The van der Waals surface area contributed by atoms with Crippen molar-refractivity contribution in [1.29, 1.82) is 0 Å². The smallest absolute Gasteiger partial charge is 0.191 e. The van der Waals surface area contributed by atoms with Gasteiger partial charge in [0.05, 0.1) is 0 Å². The average molecular weight is 473 g/mol. The van der Waals surface area contributed by atoms with E-state index in [4.69, 9.17) is 0 Å². The highest BCUT2D eigenvalue weighted by molar-refractivity contribution is 14.0. The maximum absolute atomic E-state index is 9.51. The molecule has 6 heteroatoms. The van der Waals surface area contributed by atoms with Crippen molar-refractivity contribution in [1.82, 2.24) is 10.6 Å². The Balaban J connectivity index is 0.00000312. The molecule has 0 fully saturated rings. The van der Waals surface area contributed by atoms with Crippen LogP contribution in [0.15, 0.2) is 41.4 Å². The van der Waals surface area contributed by atoms with E-state index >= 15 is 0 Å². The molecule has 0 bridgehead atoms. The van der Waals surface area contributed by atoms with Gasteiger partial charge in [-0.15, -0.1) is 35.3 Å². The Morgan fingerprint density at radius 3 is 2.72 bits per heavy atom. The van der Waals surface area contributed by atoms with Gasteiger partial charge in [-0.05, 0) is 57.0 Å². The number of rotatable bonds is 7. The van der Waals surface area contributed by atoms with Gasteiger partial charge in [-0.2, -0.15) is 0 Å². The van der Waals surface area contributed by atoms with Gasteiger partial charge in [0.15, 0.2) is 5.96 Å². The van der Waals surface area contributed by atoms with Crippen LogP contribution in [0.4, 0.5) is 0 Å². The SMILES string of the molecule is CCNC(=NCCc1cccc(O)c1)NC(C)Cc1ccc(C)s1.I. The molecule has 25 heavy (non-hydrogen) atoms. The Morgan fingerprint density at radius 1 is 1.28 bits per heavy atom. The molecule has 0 saturated heterocycles. The first-order chi connectivity index (χ1) is 11.6. The zero-order valence-corrected chi connectivity index (χ0v) is 18.2. The second-order valence-corrected chi connectivity index (χ2v) is 7.31. The molecule has 0 radical (unpaired) electrons. The third-order valence-corrected chi connectivity index (χ3v) is 4.63. The van der Waals surface area contributed by atoms with Crippen molar-refractivity contribution in [2.75, 3.05) is 13.1 Å². The molecule has 2 rings (SSSR count). The molecule has 4 nitrogen and oxygen atoms in total. The van der Waals surface area contributed by atoms with Crippen LogP contribution >= 0.6 is 35.3 Å². The Labute approximate surface area is 171 Å². The molecular weight excluding hydrogens is 445 g/mol. The number of aliphatic imine (C=N–C) groups is 1. The Morgan fingerprint density at radius 2 is 2.08 bits per heavy atom. The summed E-state index contributed by atoms with van der Waals surface area (Å²) in [5.41, 5.74) is 1.09. The number of hydrogen-bond acceptors (Lipinski definition) is 3. The zero-order valence-electron chi connectivity index (χ0n) is 15.1. The van der Waals surface area contributed by atoms with E-state index in [1.54, 1.807) is 12.1 Å². The number of aromatic hydroxyl groups is 1. The lowest BCUT2D eigenvalue weighted by Gasteiger charge is -2.17. The molecular formula is C19H28IN3OS. The molecule has 138 valence electrons. The maximum Gasteiger partial charge on any atom is 0.191 e. The molecule has 0 aliphatic carbocycles. The lowest BCUT2D eigenvalue weighted by molar-refractivity contribution is 0.474. The highest BCUT2D eigenvalue weighted by Gasteiger charge is 2.07. The van der Waals surface area contributed by atoms with Gasteiger partial charge in [0, 0.05) is 35.3 Å². The molecule has 3 N–H and O–H groups in total. The number of guanidine groups is 1. The third kappa shape index (κ3) is 8.09. The first-order valence-electron chi connectivity index (χ1n) is 8.45. The highest BCUT2D eigenvalue weighted by Crippen LogP contribution is 2.16. The van der Waals surface area contributed by atoms with E-state index in [0.717, 1.165) is 30.9 Å². The fourth-order valence-corrected chi connectivity index (χ4v) is 3.53. The van der Waals surface area contributed by atoms with E-state index in [1.807, 2.05) is 23.5 Å². The van der Waals surface area contributed by atoms with E-state index in [1.165, 1.54) is 9.75 Å². The van der Waals surface area contributed by atoms with Crippen LogP contribution in [0.25, 0.3) is 0 Å². The molecule has 2 aromatic rings. The monoisotopic (exact) mass is 473 g/mol. The summed E-state index contributed by atoms with van der Waals surface area (Å²) >= 11 is 1.85. The van der Waals surface area contributed by atoms with Crippen LogP contribution in [-0.2, 0) is 12.8 Å². The van der Waals surface area contributed by atoms with Gasteiger partial charge in [0.1, 0.15) is 5.75 Å². The number of phenolic OH excluding ortho intramolecular Hbond substituents is 1. The lowest BCUT2D eigenvalue weighted by atomic mass is 10.1. The number of hydrogen-bond donors (Lipinski definition) is 3. The van der Waals surface area contributed by atoms with Crippen LogP contribution in [-0.4, -0.2) is 30.2 Å². The van der Waals surface area contributed by atoms with Crippen LogP contribution in [0.3, 0.4) is 0 Å². The Kier molecular flexibility index (Phi) is 9.89. The minimum atomic E-state index is 0. The van der Waals surface area contributed by atoms with Crippen molar-refractivity contribution in [2.24, 2.45) is 4.99 Å². The molecule has 0 aliphatic rings. The quantitative estimate of drug-likeness (QED) is 0.322. The fourth-order valence-electron chi connectivity index (χ4n) is 2.51. The minimum Gasteiger partial charge on any atom is -0.508 e. The summed E-state index contributed by atoms with van der Waals surface area (Å²) in [5.74, 6) is 1.15. The van der Waals surface area contributed by atoms with Crippen LogP contribution < -0.4 is 10.6 Å². The Hall–Kier alpha value is -1.28. The summed E-state index contributed by atoms with van der Waals surface area (Å²) in [6.07, 6.45) is 1.80. The first-order valence-corrected chi connectivity index (χ1v) is 9.26. The van der Waals surface area contributed by atoms with Crippen LogP contribution in [0.2, 0.25) is 0 Å². The highest BCUT2D eigenvalue weighted by atomic mass is 127. The van der Waals surface area contributed by atoms with Crippen molar-refractivity contribution < 1.29 is 5.11 Å². The van der Waals surface area contributed by atoms with Gasteiger partial charge in [-0.3, -0.25) is 4.99 Å². The first kappa shape index (κ1) is 21.8. The van der Waals surface area contributed by atoms with Gasteiger partial charge < -0.3 is 15.7 Å². The fraction of sp³-hybridized carbons (Fsp3) is 0.421. The summed E-state index contributed by atoms with van der Waals surface area (Å²) in [6, 6.07) is 12.0. The van der Waals surface area contributed by atoms with Crippen molar-refractivity contribution >= 4 is 41.3 Å². The molecule has 1 unspecified atom stereocenters. The van der Waals surface area contributed by atoms with Crippen molar-refractivity contribution in [3.05, 3.63) is 51.7 Å². The number of thiophene rings is 1. The normalized spacial score (nSPS) is 12.4. The lowest BCUT2D eigenvalue weighted by Crippen LogP contribution is -2.43. The number of nitrogens with one attached hydrogen (secondary N) is 2. The van der Waals surface area contributed by atoms with E-state index < -0.39 is 0 Å². The summed E-state index contributed by atoms with van der Waals surface area (Å²) in [5, 5.41) is 16.3. The molecule has 0 spiro atoms. The molecule has 1 aromatic heterocycles. The zero-order chi connectivity index (χ0) is 17.4. The summed E-state index contributed by atoms with van der Waals surface area (Å²) in [6.45, 7) is 7.91. The number of nitrogens with zero attached hydrogens (tertiary/aromatic N) is 1. The molecule has 1 atom stereocenters. The Bertz CT molecular complexity index is 672. The van der Waals surface area contributed by atoms with E-state index in [9.17, 15) is 5.11 Å². The molecule has 0 aliphatic heterocycles. The summed E-state index contributed by atoms with van der Waals surface area (Å²) in [4.78, 5) is 7.38. The van der Waals surface area contributed by atoms with E-state index in [2.05, 4.69) is 48.5 Å². The van der Waals surface area contributed by atoms with Gasteiger partial charge in [-0.1, -0.05) is 12.1 Å². The molecule has 0 saturated carbocycles. The van der Waals surface area contributed by atoms with E-state index in [-0.39, 0.29) is 24.0 Å². The van der Waals surface area contributed by atoms with Gasteiger partial charge in [-0.25, -0.2) is 0 Å². The van der Waals surface area contributed by atoms with Crippen LogP contribution in [0, 0.1) is 6.92 Å². The molecule has 1 heterocycles. The molecule has 0 amide bonds. The maximum atomic E-state index is 9.51. The second-order valence-electron chi connectivity index (χ2n) is 5.94. The number of benzene rings is 1. The average Bonchev–Trinajstić information content (AvgIpc) is 2.92. The molecule has 1 aromatic carbocycles. The largest absolute Gasteiger partial charge is 0.508 e. The van der Waals surface area contributed by atoms with Gasteiger partial charge in [0.2, 0.25) is 0 Å². The van der Waals surface area contributed by atoms with E-state index in [0.29, 0.717) is 18.3 Å². The minimum absolute atomic E-state index is 0. The number of aryl methyl sites for hydroxylation is 1. The van der Waals surface area contributed by atoms with Crippen LogP contribution in [0.5, 0.6) is 5.75 Å². The van der Waals surface area contributed by atoms with Crippen molar-refractivity contribution in [2.45, 2.75) is 39.7 Å². The summed E-state index contributed by atoms with van der Waals surface area (Å²) in [7, 11) is 0. The van der Waals surface area contributed by atoms with Crippen LogP contribution in [0.1, 0.15) is 29.2 Å².